The van der Waals surface area contributed by atoms with Crippen LogP contribution >= 0.6 is 0 Å². The fraction of sp³-hybridized carbons (Fsp3) is 0.909. The summed E-state index contributed by atoms with van der Waals surface area (Å²) in [6.07, 6.45) is 0.0460. The van der Waals surface area contributed by atoms with E-state index in [1.165, 1.54) is 0 Å². The summed E-state index contributed by atoms with van der Waals surface area (Å²) in [5.41, 5.74) is 5.69. The van der Waals surface area contributed by atoms with E-state index in [1.54, 1.807) is 0 Å². The zero-order valence-corrected chi connectivity index (χ0v) is 10.1. The molecule has 1 atom stereocenters. The summed E-state index contributed by atoms with van der Waals surface area (Å²) in [4.78, 5) is 13.8. The Morgan fingerprint density at radius 3 is 2.27 bits per heavy atom. The molecule has 0 bridgehead atoms. The first-order valence-corrected chi connectivity index (χ1v) is 5.62. The van der Waals surface area contributed by atoms with Crippen molar-refractivity contribution in [3.05, 3.63) is 0 Å². The monoisotopic (exact) mass is 214 g/mol. The van der Waals surface area contributed by atoms with Crippen molar-refractivity contribution in [1.82, 2.24) is 4.90 Å². The fourth-order valence-corrected chi connectivity index (χ4v) is 1.48. The van der Waals surface area contributed by atoms with Crippen LogP contribution in [0, 0.1) is 5.92 Å². The number of ether oxygens (including phenoxy) is 1. The number of carbonyl (C=O) groups is 1. The predicted molar refractivity (Wildman–Crippen MR) is 59.4 cm³/mol. The molecule has 0 aromatic carbocycles. The second-order valence-corrected chi connectivity index (χ2v) is 4.88. The van der Waals surface area contributed by atoms with Crippen LogP contribution < -0.4 is 5.73 Å². The molecule has 0 aliphatic carbocycles. The maximum Gasteiger partial charge on any atom is 0.323 e. The van der Waals surface area contributed by atoms with E-state index in [-0.39, 0.29) is 18.0 Å². The number of hydrogen-bond donors (Lipinski definition) is 1. The molecule has 4 nitrogen and oxygen atoms in total. The van der Waals surface area contributed by atoms with Gasteiger partial charge in [-0.2, -0.15) is 0 Å². The number of nitrogens with zero attached hydrogens (tertiary/aromatic N) is 1. The zero-order chi connectivity index (χ0) is 11.6. The summed E-state index contributed by atoms with van der Waals surface area (Å²) in [5.74, 6) is -0.128. The molecule has 88 valence electrons. The van der Waals surface area contributed by atoms with Gasteiger partial charge >= 0.3 is 5.97 Å². The maximum atomic E-state index is 11.5. The Balaban J connectivity index is 2.25. The van der Waals surface area contributed by atoms with Crippen LogP contribution in [0.2, 0.25) is 0 Å². The first kappa shape index (κ1) is 12.5. The van der Waals surface area contributed by atoms with Gasteiger partial charge in [0.15, 0.2) is 0 Å². The molecule has 1 aliphatic rings. The van der Waals surface area contributed by atoms with Crippen LogP contribution in [0.25, 0.3) is 0 Å². The lowest BCUT2D eigenvalue weighted by molar-refractivity contribution is -0.161. The van der Waals surface area contributed by atoms with Crippen LogP contribution in [-0.4, -0.2) is 42.1 Å². The molecule has 0 amide bonds. The summed E-state index contributed by atoms with van der Waals surface area (Å²) >= 11 is 0. The molecule has 0 unspecified atom stereocenters. The Morgan fingerprint density at radius 2 is 1.87 bits per heavy atom. The summed E-state index contributed by atoms with van der Waals surface area (Å²) in [6.45, 7) is 9.80. The quantitative estimate of drug-likeness (QED) is 0.696. The van der Waals surface area contributed by atoms with E-state index in [4.69, 9.17) is 10.5 Å². The van der Waals surface area contributed by atoms with E-state index in [1.807, 2.05) is 13.8 Å². The van der Waals surface area contributed by atoms with Crippen molar-refractivity contribution < 1.29 is 9.53 Å². The van der Waals surface area contributed by atoms with Crippen molar-refractivity contribution in [3.63, 3.8) is 0 Å². The largest absolute Gasteiger partial charge is 0.458 e. The Labute approximate surface area is 91.8 Å². The van der Waals surface area contributed by atoms with E-state index < -0.39 is 6.04 Å². The minimum Gasteiger partial charge on any atom is -0.458 e. The zero-order valence-electron chi connectivity index (χ0n) is 10.1. The lowest BCUT2D eigenvalue weighted by Crippen LogP contribution is -2.56. The minimum absolute atomic E-state index is 0.0460. The van der Waals surface area contributed by atoms with Gasteiger partial charge in [-0.1, -0.05) is 13.8 Å². The van der Waals surface area contributed by atoms with Gasteiger partial charge in [0.25, 0.3) is 0 Å². The first-order chi connectivity index (χ1) is 6.91. The normalized spacial score (nSPS) is 20.5. The summed E-state index contributed by atoms with van der Waals surface area (Å²) in [7, 11) is 0. The van der Waals surface area contributed by atoms with Crippen molar-refractivity contribution >= 4 is 5.97 Å². The predicted octanol–water partition coefficient (Wildman–Crippen LogP) is 0.605. The van der Waals surface area contributed by atoms with Crippen molar-refractivity contribution in [2.24, 2.45) is 11.7 Å². The first-order valence-electron chi connectivity index (χ1n) is 5.62. The molecule has 4 heteroatoms. The van der Waals surface area contributed by atoms with Gasteiger partial charge in [0.05, 0.1) is 0 Å². The van der Waals surface area contributed by atoms with Gasteiger partial charge in [-0.25, -0.2) is 0 Å². The standard InChI is InChI=1S/C11H22N2O2/c1-7(2)10(12)11(14)15-9-5-13(6-9)8(3)4/h7-10H,5-6,12H2,1-4H3/t10-/m0/s1. The van der Waals surface area contributed by atoms with Crippen LogP contribution in [-0.2, 0) is 9.53 Å². The highest BCUT2D eigenvalue weighted by Crippen LogP contribution is 2.16. The molecule has 15 heavy (non-hydrogen) atoms. The van der Waals surface area contributed by atoms with Crippen molar-refractivity contribution in [3.8, 4) is 0 Å². The topological polar surface area (TPSA) is 55.6 Å². The van der Waals surface area contributed by atoms with Crippen LogP contribution in [0.5, 0.6) is 0 Å². The van der Waals surface area contributed by atoms with Crippen molar-refractivity contribution in [1.29, 1.82) is 0 Å². The van der Waals surface area contributed by atoms with Gasteiger partial charge in [-0.05, 0) is 19.8 Å². The van der Waals surface area contributed by atoms with Gasteiger partial charge in [-0.3, -0.25) is 9.69 Å². The molecule has 0 aromatic rings. The SMILES string of the molecule is CC(C)[C@H](N)C(=O)OC1CN(C(C)C)C1. The van der Waals surface area contributed by atoms with E-state index in [0.29, 0.717) is 6.04 Å². The molecule has 1 heterocycles. The highest BCUT2D eigenvalue weighted by Gasteiger charge is 2.33. The Bertz CT molecular complexity index is 223. The van der Waals surface area contributed by atoms with Crippen LogP contribution in [0.3, 0.4) is 0 Å². The van der Waals surface area contributed by atoms with Crippen LogP contribution in [0.1, 0.15) is 27.7 Å². The number of esters is 1. The third-order valence-electron chi connectivity index (χ3n) is 2.88. The van der Waals surface area contributed by atoms with Gasteiger partial charge < -0.3 is 10.5 Å². The molecule has 1 saturated heterocycles. The van der Waals surface area contributed by atoms with Gasteiger partial charge in [0.2, 0.25) is 0 Å². The lowest BCUT2D eigenvalue weighted by atomic mass is 10.1. The van der Waals surface area contributed by atoms with E-state index in [2.05, 4.69) is 18.7 Å². The van der Waals surface area contributed by atoms with Crippen molar-refractivity contribution in [2.45, 2.75) is 45.9 Å². The number of likely N-dealkylation sites (tertiary alicyclic amines) is 1. The van der Waals surface area contributed by atoms with E-state index >= 15 is 0 Å². The summed E-state index contributed by atoms with van der Waals surface area (Å²) in [6, 6.07) is 0.0387. The molecule has 1 fully saturated rings. The summed E-state index contributed by atoms with van der Waals surface area (Å²) in [5, 5.41) is 0. The van der Waals surface area contributed by atoms with Crippen LogP contribution in [0.4, 0.5) is 0 Å². The maximum absolute atomic E-state index is 11.5. The molecular weight excluding hydrogens is 192 g/mol. The third-order valence-corrected chi connectivity index (χ3v) is 2.88. The van der Waals surface area contributed by atoms with Crippen LogP contribution in [0.15, 0.2) is 0 Å². The fourth-order valence-electron chi connectivity index (χ4n) is 1.48. The molecule has 0 radical (unpaired) electrons. The number of rotatable bonds is 4. The second kappa shape index (κ2) is 4.94. The molecule has 0 spiro atoms. The average molecular weight is 214 g/mol. The summed E-state index contributed by atoms with van der Waals surface area (Å²) < 4.78 is 5.28. The Morgan fingerprint density at radius 1 is 1.33 bits per heavy atom. The average Bonchev–Trinajstić information content (AvgIpc) is 2.07. The number of nitrogens with two attached hydrogens (primary N) is 1. The lowest BCUT2D eigenvalue weighted by Gasteiger charge is -2.41. The molecular formula is C11H22N2O2. The third kappa shape index (κ3) is 3.18. The highest BCUT2D eigenvalue weighted by molar-refractivity contribution is 5.76. The van der Waals surface area contributed by atoms with Gasteiger partial charge in [0, 0.05) is 19.1 Å². The second-order valence-electron chi connectivity index (χ2n) is 4.88. The molecule has 0 aromatic heterocycles. The van der Waals surface area contributed by atoms with Gasteiger partial charge in [0.1, 0.15) is 12.1 Å². The van der Waals surface area contributed by atoms with Gasteiger partial charge in [-0.15, -0.1) is 0 Å². The smallest absolute Gasteiger partial charge is 0.323 e. The van der Waals surface area contributed by atoms with E-state index in [0.717, 1.165) is 13.1 Å². The Hall–Kier alpha value is -0.610. The number of hydrogen-bond acceptors (Lipinski definition) is 4. The molecule has 2 N–H and O–H groups in total. The Kier molecular flexibility index (Phi) is 4.11. The molecule has 1 aliphatic heterocycles. The highest BCUT2D eigenvalue weighted by atomic mass is 16.5. The number of carbonyl (C=O) groups excluding carboxylic acids is 1. The molecule has 0 saturated carbocycles. The van der Waals surface area contributed by atoms with E-state index in [9.17, 15) is 4.79 Å². The van der Waals surface area contributed by atoms with Crippen molar-refractivity contribution in [2.75, 3.05) is 13.1 Å². The minimum atomic E-state index is -0.488. The molecule has 1 rings (SSSR count).